The highest BCUT2D eigenvalue weighted by molar-refractivity contribution is 7.09. The van der Waals surface area contributed by atoms with E-state index in [0.29, 0.717) is 5.56 Å². The van der Waals surface area contributed by atoms with Gasteiger partial charge in [-0.05, 0) is 38.1 Å². The summed E-state index contributed by atoms with van der Waals surface area (Å²) in [5.41, 5.74) is 1.68. The number of carbonyl (C=O) groups is 1. The third-order valence-corrected chi connectivity index (χ3v) is 3.66. The van der Waals surface area contributed by atoms with Crippen LogP contribution in [0.25, 0.3) is 0 Å². The molecule has 0 aliphatic rings. The van der Waals surface area contributed by atoms with E-state index in [2.05, 4.69) is 15.6 Å². The van der Waals surface area contributed by atoms with Crippen LogP contribution in [0.3, 0.4) is 0 Å². The van der Waals surface area contributed by atoms with Crippen molar-refractivity contribution < 1.29 is 4.79 Å². The van der Waals surface area contributed by atoms with Crippen LogP contribution < -0.4 is 10.6 Å². The number of anilines is 1. The standard InChI is InChI=1S/C14H17N3OS/c1-3-15-12-6-4-11(5-7-12)13(18)17-10(2)14-16-8-9-19-14/h4-10,15H,3H2,1-2H3,(H,17,18). The van der Waals surface area contributed by atoms with Gasteiger partial charge in [0.2, 0.25) is 0 Å². The summed E-state index contributed by atoms with van der Waals surface area (Å²) in [6.07, 6.45) is 1.74. The van der Waals surface area contributed by atoms with Gasteiger partial charge < -0.3 is 10.6 Å². The number of carbonyl (C=O) groups excluding carboxylic acids is 1. The monoisotopic (exact) mass is 275 g/mol. The normalized spacial score (nSPS) is 11.9. The van der Waals surface area contributed by atoms with Crippen molar-refractivity contribution >= 4 is 22.9 Å². The Morgan fingerprint density at radius 1 is 1.37 bits per heavy atom. The molecule has 1 aromatic heterocycles. The third-order valence-electron chi connectivity index (χ3n) is 2.70. The number of rotatable bonds is 5. The van der Waals surface area contributed by atoms with Gasteiger partial charge in [-0.15, -0.1) is 11.3 Å². The Bertz CT molecular complexity index is 522. The third kappa shape index (κ3) is 3.54. The predicted molar refractivity (Wildman–Crippen MR) is 78.6 cm³/mol. The number of hydrogen-bond donors (Lipinski definition) is 2. The Kier molecular flexibility index (Phi) is 4.52. The Balaban J connectivity index is 1.99. The van der Waals surface area contributed by atoms with E-state index in [1.54, 1.807) is 17.5 Å². The summed E-state index contributed by atoms with van der Waals surface area (Å²) < 4.78 is 0. The van der Waals surface area contributed by atoms with E-state index in [1.165, 1.54) is 0 Å². The van der Waals surface area contributed by atoms with E-state index in [9.17, 15) is 4.79 Å². The first-order valence-electron chi connectivity index (χ1n) is 6.25. The minimum absolute atomic E-state index is 0.0686. The summed E-state index contributed by atoms with van der Waals surface area (Å²) in [7, 11) is 0. The van der Waals surface area contributed by atoms with Gasteiger partial charge in [0.1, 0.15) is 5.01 Å². The Labute approximate surface area is 116 Å². The van der Waals surface area contributed by atoms with E-state index >= 15 is 0 Å². The first-order valence-corrected chi connectivity index (χ1v) is 7.13. The maximum atomic E-state index is 12.1. The van der Waals surface area contributed by atoms with Crippen LogP contribution in [-0.2, 0) is 0 Å². The summed E-state index contributed by atoms with van der Waals surface area (Å²) >= 11 is 1.54. The van der Waals surface area contributed by atoms with E-state index in [-0.39, 0.29) is 11.9 Å². The molecule has 0 aliphatic carbocycles. The molecule has 5 heteroatoms. The smallest absolute Gasteiger partial charge is 0.251 e. The summed E-state index contributed by atoms with van der Waals surface area (Å²) in [5.74, 6) is -0.0780. The minimum atomic E-state index is -0.0780. The molecule has 4 nitrogen and oxygen atoms in total. The quantitative estimate of drug-likeness (QED) is 0.881. The van der Waals surface area contributed by atoms with Crippen molar-refractivity contribution in [2.45, 2.75) is 19.9 Å². The molecule has 1 amide bonds. The summed E-state index contributed by atoms with van der Waals surface area (Å²) in [5, 5.41) is 8.96. The van der Waals surface area contributed by atoms with Crippen molar-refractivity contribution in [2.24, 2.45) is 0 Å². The largest absolute Gasteiger partial charge is 0.385 e. The molecule has 0 aliphatic heterocycles. The highest BCUT2D eigenvalue weighted by atomic mass is 32.1. The number of thiazole rings is 1. The SMILES string of the molecule is CCNc1ccc(C(=O)NC(C)c2nccs2)cc1. The van der Waals surface area contributed by atoms with Gasteiger partial charge in [0.15, 0.2) is 0 Å². The second-order valence-electron chi connectivity index (χ2n) is 4.17. The van der Waals surface area contributed by atoms with Gasteiger partial charge in [-0.3, -0.25) is 4.79 Å². The molecule has 0 saturated heterocycles. The minimum Gasteiger partial charge on any atom is -0.385 e. The first kappa shape index (κ1) is 13.5. The molecule has 0 fully saturated rings. The molecule has 100 valence electrons. The van der Waals surface area contributed by atoms with E-state index in [0.717, 1.165) is 17.2 Å². The van der Waals surface area contributed by atoms with Gasteiger partial charge in [-0.2, -0.15) is 0 Å². The van der Waals surface area contributed by atoms with Gasteiger partial charge in [-0.1, -0.05) is 0 Å². The molecule has 0 saturated carbocycles. The molecule has 2 rings (SSSR count). The fourth-order valence-corrected chi connectivity index (χ4v) is 2.38. The maximum Gasteiger partial charge on any atom is 0.251 e. The lowest BCUT2D eigenvalue weighted by Crippen LogP contribution is -2.26. The van der Waals surface area contributed by atoms with Crippen LogP contribution in [0.1, 0.15) is 35.3 Å². The van der Waals surface area contributed by atoms with Crippen molar-refractivity contribution in [3.63, 3.8) is 0 Å². The first-order chi connectivity index (χ1) is 9.20. The lowest BCUT2D eigenvalue weighted by atomic mass is 10.2. The molecule has 0 bridgehead atoms. The van der Waals surface area contributed by atoms with Crippen LogP contribution in [0.4, 0.5) is 5.69 Å². The number of hydrogen-bond acceptors (Lipinski definition) is 4. The molecule has 2 N–H and O–H groups in total. The average molecular weight is 275 g/mol. The van der Waals surface area contributed by atoms with Crippen molar-refractivity contribution in [3.8, 4) is 0 Å². The van der Waals surface area contributed by atoms with Gasteiger partial charge in [0.25, 0.3) is 5.91 Å². The van der Waals surface area contributed by atoms with Gasteiger partial charge >= 0.3 is 0 Å². The van der Waals surface area contributed by atoms with Crippen LogP contribution in [0.15, 0.2) is 35.8 Å². The molecular formula is C14H17N3OS. The van der Waals surface area contributed by atoms with Crippen LogP contribution in [-0.4, -0.2) is 17.4 Å². The molecule has 1 atom stereocenters. The van der Waals surface area contributed by atoms with Crippen LogP contribution >= 0.6 is 11.3 Å². The Morgan fingerprint density at radius 3 is 2.68 bits per heavy atom. The molecule has 1 unspecified atom stereocenters. The van der Waals surface area contributed by atoms with Crippen molar-refractivity contribution in [1.82, 2.24) is 10.3 Å². The topological polar surface area (TPSA) is 54.0 Å². The van der Waals surface area contributed by atoms with Crippen molar-refractivity contribution in [2.75, 3.05) is 11.9 Å². The maximum absolute atomic E-state index is 12.1. The predicted octanol–water partition coefficient (Wildman–Crippen LogP) is 3.07. The molecule has 2 aromatic rings. The van der Waals surface area contributed by atoms with E-state index < -0.39 is 0 Å². The number of amides is 1. The zero-order valence-corrected chi connectivity index (χ0v) is 11.8. The molecule has 1 heterocycles. The second-order valence-corrected chi connectivity index (χ2v) is 5.10. The van der Waals surface area contributed by atoms with Gasteiger partial charge in [0.05, 0.1) is 6.04 Å². The molecule has 1 aromatic carbocycles. The van der Waals surface area contributed by atoms with Crippen molar-refractivity contribution in [3.05, 3.63) is 46.4 Å². The highest BCUT2D eigenvalue weighted by Crippen LogP contribution is 2.16. The Hall–Kier alpha value is -1.88. The van der Waals surface area contributed by atoms with Crippen molar-refractivity contribution in [1.29, 1.82) is 0 Å². The summed E-state index contributed by atoms with van der Waals surface area (Å²) in [6, 6.07) is 7.39. The van der Waals surface area contributed by atoms with Crippen LogP contribution in [0.2, 0.25) is 0 Å². The number of nitrogens with zero attached hydrogens (tertiary/aromatic N) is 1. The summed E-state index contributed by atoms with van der Waals surface area (Å²) in [4.78, 5) is 16.3. The second kappa shape index (κ2) is 6.33. The highest BCUT2D eigenvalue weighted by Gasteiger charge is 2.12. The zero-order chi connectivity index (χ0) is 13.7. The number of aromatic nitrogens is 1. The summed E-state index contributed by atoms with van der Waals surface area (Å²) in [6.45, 7) is 4.84. The van der Waals surface area contributed by atoms with E-state index in [4.69, 9.17) is 0 Å². The zero-order valence-electron chi connectivity index (χ0n) is 11.0. The lowest BCUT2D eigenvalue weighted by molar-refractivity contribution is 0.0940. The fourth-order valence-electron chi connectivity index (χ4n) is 1.73. The number of nitrogens with one attached hydrogen (secondary N) is 2. The van der Waals surface area contributed by atoms with Gasteiger partial charge in [0, 0.05) is 29.4 Å². The Morgan fingerprint density at radius 2 is 2.11 bits per heavy atom. The molecule has 0 radical (unpaired) electrons. The van der Waals surface area contributed by atoms with E-state index in [1.807, 2.05) is 43.5 Å². The van der Waals surface area contributed by atoms with Gasteiger partial charge in [-0.25, -0.2) is 4.98 Å². The molecule has 0 spiro atoms. The lowest BCUT2D eigenvalue weighted by Gasteiger charge is -2.11. The molecule has 19 heavy (non-hydrogen) atoms. The number of benzene rings is 1. The van der Waals surface area contributed by atoms with Crippen LogP contribution in [0.5, 0.6) is 0 Å². The van der Waals surface area contributed by atoms with Crippen LogP contribution in [0, 0.1) is 0 Å². The average Bonchev–Trinajstić information content (AvgIpc) is 2.94. The molecular weight excluding hydrogens is 258 g/mol. The fraction of sp³-hybridized carbons (Fsp3) is 0.286.